The number of rotatable bonds is 5. The van der Waals surface area contributed by atoms with Crippen LogP contribution in [0.25, 0.3) is 0 Å². The molecule has 1 aromatic carbocycles. The van der Waals surface area contributed by atoms with Crippen LogP contribution in [0.2, 0.25) is 5.02 Å². The molecule has 0 heterocycles. The van der Waals surface area contributed by atoms with Crippen molar-refractivity contribution in [2.45, 2.75) is 43.3 Å². The van der Waals surface area contributed by atoms with E-state index in [1.54, 1.807) is 0 Å². The van der Waals surface area contributed by atoms with Gasteiger partial charge in [0.15, 0.2) is 0 Å². The van der Waals surface area contributed by atoms with E-state index in [0.717, 1.165) is 11.6 Å². The van der Waals surface area contributed by atoms with E-state index in [1.807, 2.05) is 18.8 Å². The average molecular weight is 272 g/mol. The Morgan fingerprint density at radius 3 is 2.47 bits per heavy atom. The van der Waals surface area contributed by atoms with E-state index < -0.39 is 0 Å². The van der Waals surface area contributed by atoms with Gasteiger partial charge in [-0.2, -0.15) is 0 Å². The molecule has 1 aromatic rings. The molecule has 0 unspecified atom stereocenters. The molecule has 96 valence electrons. The Morgan fingerprint density at radius 2 is 2.00 bits per heavy atom. The van der Waals surface area contributed by atoms with Gasteiger partial charge in [0.1, 0.15) is 0 Å². The molecule has 1 nitrogen and oxygen atoms in total. The molecule has 0 atom stereocenters. The molecule has 0 saturated carbocycles. The van der Waals surface area contributed by atoms with Crippen molar-refractivity contribution in [3.05, 3.63) is 28.8 Å². The molecule has 0 aliphatic heterocycles. The molecule has 3 heteroatoms. The highest BCUT2D eigenvalue weighted by molar-refractivity contribution is 8.00. The third-order valence-electron chi connectivity index (χ3n) is 2.69. The number of hydrogen-bond donors (Lipinski definition) is 1. The van der Waals surface area contributed by atoms with Crippen LogP contribution in [-0.2, 0) is 5.41 Å². The Hall–Kier alpha value is -0.180. The highest BCUT2D eigenvalue weighted by Gasteiger charge is 2.20. The lowest BCUT2D eigenvalue weighted by Crippen LogP contribution is -2.30. The van der Waals surface area contributed by atoms with Crippen LogP contribution in [0.15, 0.2) is 23.1 Å². The number of thioether (sulfide) groups is 1. The van der Waals surface area contributed by atoms with Crippen LogP contribution in [0.4, 0.5) is 0 Å². The Morgan fingerprint density at radius 1 is 1.35 bits per heavy atom. The topological polar surface area (TPSA) is 12.0 Å². The van der Waals surface area contributed by atoms with Crippen LogP contribution in [-0.4, -0.2) is 18.8 Å². The zero-order chi connectivity index (χ0) is 13.1. The van der Waals surface area contributed by atoms with Crippen LogP contribution in [0.3, 0.4) is 0 Å². The molecule has 0 aliphatic rings. The van der Waals surface area contributed by atoms with Gasteiger partial charge in [-0.15, -0.1) is 11.8 Å². The first-order chi connectivity index (χ1) is 7.86. The number of halogens is 1. The van der Waals surface area contributed by atoms with Gasteiger partial charge in [-0.25, -0.2) is 0 Å². The van der Waals surface area contributed by atoms with Crippen LogP contribution in [0, 0.1) is 0 Å². The summed E-state index contributed by atoms with van der Waals surface area (Å²) in [4.78, 5) is 1.17. The number of likely N-dealkylation sites (N-methyl/N-ethyl adjacent to an activating group) is 1. The molecule has 0 amide bonds. The molecule has 0 saturated heterocycles. The highest BCUT2D eigenvalue weighted by Crippen LogP contribution is 2.34. The predicted molar refractivity (Wildman–Crippen MR) is 79.4 cm³/mol. The molecule has 0 spiro atoms. The SMILES string of the molecule is CNCC(C)(C)c1ccc(SC(C)C)c(Cl)c1. The van der Waals surface area contributed by atoms with Crippen LogP contribution in [0.1, 0.15) is 33.3 Å². The lowest BCUT2D eigenvalue weighted by molar-refractivity contribution is 0.494. The maximum absolute atomic E-state index is 6.34. The average Bonchev–Trinajstić information content (AvgIpc) is 2.20. The van der Waals surface area contributed by atoms with Gasteiger partial charge in [0.05, 0.1) is 5.02 Å². The smallest absolute Gasteiger partial charge is 0.0544 e. The van der Waals surface area contributed by atoms with E-state index in [2.05, 4.69) is 51.2 Å². The largest absolute Gasteiger partial charge is 0.319 e. The third kappa shape index (κ3) is 4.20. The molecular formula is C14H22ClNS. The van der Waals surface area contributed by atoms with E-state index in [-0.39, 0.29) is 5.41 Å². The van der Waals surface area contributed by atoms with Gasteiger partial charge in [0, 0.05) is 22.1 Å². The summed E-state index contributed by atoms with van der Waals surface area (Å²) >= 11 is 8.15. The van der Waals surface area contributed by atoms with Gasteiger partial charge < -0.3 is 5.32 Å². The van der Waals surface area contributed by atoms with E-state index in [1.165, 1.54) is 10.5 Å². The predicted octanol–water partition coefficient (Wildman–Crippen LogP) is 4.34. The summed E-state index contributed by atoms with van der Waals surface area (Å²) in [5, 5.41) is 4.65. The minimum absolute atomic E-state index is 0.111. The fourth-order valence-electron chi connectivity index (χ4n) is 1.82. The molecule has 0 radical (unpaired) electrons. The summed E-state index contributed by atoms with van der Waals surface area (Å²) in [6.45, 7) is 9.76. The van der Waals surface area contributed by atoms with E-state index in [4.69, 9.17) is 11.6 Å². The standard InChI is InChI=1S/C14H22ClNS/c1-10(2)17-13-7-6-11(8-12(13)15)14(3,4)9-16-5/h6-8,10,16H,9H2,1-5H3. The van der Waals surface area contributed by atoms with E-state index in [0.29, 0.717) is 5.25 Å². The minimum Gasteiger partial charge on any atom is -0.319 e. The van der Waals surface area contributed by atoms with Crippen molar-refractivity contribution < 1.29 is 0 Å². The Balaban J connectivity index is 2.95. The van der Waals surface area contributed by atoms with Crippen LogP contribution >= 0.6 is 23.4 Å². The number of hydrogen-bond acceptors (Lipinski definition) is 2. The molecular weight excluding hydrogens is 250 g/mol. The van der Waals surface area contributed by atoms with Gasteiger partial charge >= 0.3 is 0 Å². The lowest BCUT2D eigenvalue weighted by Gasteiger charge is -2.25. The van der Waals surface area contributed by atoms with Gasteiger partial charge in [0.2, 0.25) is 0 Å². The summed E-state index contributed by atoms with van der Waals surface area (Å²) in [6, 6.07) is 6.43. The Kier molecular flexibility index (Phi) is 5.36. The number of benzene rings is 1. The monoisotopic (exact) mass is 271 g/mol. The van der Waals surface area contributed by atoms with Crippen LogP contribution in [0.5, 0.6) is 0 Å². The zero-order valence-electron chi connectivity index (χ0n) is 11.3. The summed E-state index contributed by atoms with van der Waals surface area (Å²) < 4.78 is 0. The van der Waals surface area contributed by atoms with Gasteiger partial charge in [-0.3, -0.25) is 0 Å². The Bertz CT molecular complexity index is 374. The normalized spacial score (nSPS) is 12.2. The third-order valence-corrected chi connectivity index (χ3v) is 4.20. The lowest BCUT2D eigenvalue weighted by atomic mass is 9.85. The molecule has 1 rings (SSSR count). The first-order valence-corrected chi connectivity index (χ1v) is 7.24. The number of nitrogens with one attached hydrogen (secondary N) is 1. The van der Waals surface area contributed by atoms with Gasteiger partial charge in [-0.05, 0) is 24.7 Å². The molecule has 0 aliphatic carbocycles. The van der Waals surface area contributed by atoms with E-state index in [9.17, 15) is 0 Å². The van der Waals surface area contributed by atoms with Crippen molar-refractivity contribution in [3.8, 4) is 0 Å². The van der Waals surface area contributed by atoms with Gasteiger partial charge in [0.25, 0.3) is 0 Å². The van der Waals surface area contributed by atoms with Crippen molar-refractivity contribution in [1.29, 1.82) is 0 Å². The molecule has 1 N–H and O–H groups in total. The minimum atomic E-state index is 0.111. The molecule has 0 fully saturated rings. The second-order valence-corrected chi connectivity index (χ2v) is 7.25. The zero-order valence-corrected chi connectivity index (χ0v) is 12.9. The summed E-state index contributed by atoms with van der Waals surface area (Å²) in [5.74, 6) is 0. The summed E-state index contributed by atoms with van der Waals surface area (Å²) in [6.07, 6.45) is 0. The summed E-state index contributed by atoms with van der Waals surface area (Å²) in [7, 11) is 1.98. The second-order valence-electron chi connectivity index (χ2n) is 5.23. The van der Waals surface area contributed by atoms with Crippen molar-refractivity contribution in [2.24, 2.45) is 0 Å². The fourth-order valence-corrected chi connectivity index (χ4v) is 2.96. The molecule has 17 heavy (non-hydrogen) atoms. The fraction of sp³-hybridized carbons (Fsp3) is 0.571. The summed E-state index contributed by atoms with van der Waals surface area (Å²) in [5.41, 5.74) is 1.39. The quantitative estimate of drug-likeness (QED) is 0.800. The maximum Gasteiger partial charge on any atom is 0.0544 e. The van der Waals surface area contributed by atoms with E-state index >= 15 is 0 Å². The van der Waals surface area contributed by atoms with Crippen molar-refractivity contribution in [2.75, 3.05) is 13.6 Å². The highest BCUT2D eigenvalue weighted by atomic mass is 35.5. The molecule has 0 bridgehead atoms. The molecule has 0 aromatic heterocycles. The van der Waals surface area contributed by atoms with Crippen molar-refractivity contribution >= 4 is 23.4 Å². The first kappa shape index (κ1) is 14.9. The van der Waals surface area contributed by atoms with Crippen LogP contribution < -0.4 is 5.32 Å². The first-order valence-electron chi connectivity index (χ1n) is 5.98. The van der Waals surface area contributed by atoms with Gasteiger partial charge in [-0.1, -0.05) is 45.4 Å². The maximum atomic E-state index is 6.34. The van der Waals surface area contributed by atoms with Crippen molar-refractivity contribution in [1.82, 2.24) is 5.32 Å². The second kappa shape index (κ2) is 6.12. The van der Waals surface area contributed by atoms with Crippen molar-refractivity contribution in [3.63, 3.8) is 0 Å². The Labute approximate surface area is 114 Å².